The highest BCUT2D eigenvalue weighted by atomic mass is 19.1. The lowest BCUT2D eigenvalue weighted by Gasteiger charge is -2.29. The average molecular weight is 247 g/mol. The predicted octanol–water partition coefficient (Wildman–Crippen LogP) is 1.75. The van der Waals surface area contributed by atoms with Gasteiger partial charge in [-0.05, 0) is 37.7 Å². The average Bonchev–Trinajstić information content (AvgIpc) is 3.21. The van der Waals surface area contributed by atoms with Gasteiger partial charge in [-0.2, -0.15) is 0 Å². The van der Waals surface area contributed by atoms with Crippen molar-refractivity contribution in [1.82, 2.24) is 4.90 Å². The largest absolute Gasteiger partial charge is 0.275 e. The third-order valence-corrected chi connectivity index (χ3v) is 4.45. The maximum Gasteiger partial charge on any atom is 0.257 e. The molecule has 1 aliphatic heterocycles. The van der Waals surface area contributed by atoms with E-state index in [4.69, 9.17) is 0 Å². The molecule has 0 spiro atoms. The molecule has 0 aromatic rings. The number of carbonyl (C=O) groups excluding carboxylic acids is 2. The molecule has 1 saturated heterocycles. The molecule has 0 aromatic heterocycles. The number of halogens is 1. The van der Waals surface area contributed by atoms with Crippen molar-refractivity contribution in [3.8, 4) is 0 Å². The van der Waals surface area contributed by atoms with Gasteiger partial charge in [0.1, 0.15) is 11.6 Å². The molecule has 2 atom stereocenters. The van der Waals surface area contributed by atoms with E-state index in [9.17, 15) is 9.59 Å². The number of hydrogen-bond acceptors (Lipinski definition) is 2. The molecule has 4 aliphatic rings. The lowest BCUT2D eigenvalue weighted by atomic mass is 9.78. The Kier molecular flexibility index (Phi) is 1.81. The number of nitrogens with zero attached hydrogens (tertiary/aromatic N) is 1. The van der Waals surface area contributed by atoms with Crippen molar-refractivity contribution in [2.75, 3.05) is 0 Å². The van der Waals surface area contributed by atoms with E-state index in [1.165, 1.54) is 11.0 Å². The first kappa shape index (κ1) is 10.5. The van der Waals surface area contributed by atoms with Gasteiger partial charge in [0, 0.05) is 11.6 Å². The second kappa shape index (κ2) is 3.11. The Bertz CT molecular complexity index is 516. The smallest absolute Gasteiger partial charge is 0.257 e. The third-order valence-electron chi connectivity index (χ3n) is 4.45. The summed E-state index contributed by atoms with van der Waals surface area (Å²) in [5, 5.41) is 0. The number of amides is 2. The van der Waals surface area contributed by atoms with Gasteiger partial charge in [0.15, 0.2) is 0 Å². The first-order chi connectivity index (χ1) is 8.63. The van der Waals surface area contributed by atoms with Crippen molar-refractivity contribution in [3.63, 3.8) is 0 Å². The zero-order chi connectivity index (χ0) is 12.5. The quantitative estimate of drug-likeness (QED) is 0.697. The van der Waals surface area contributed by atoms with Crippen LogP contribution in [0.1, 0.15) is 25.7 Å². The van der Waals surface area contributed by atoms with Gasteiger partial charge in [0.2, 0.25) is 5.91 Å². The summed E-state index contributed by atoms with van der Waals surface area (Å²) in [4.78, 5) is 25.9. The molecule has 3 aliphatic carbocycles. The summed E-state index contributed by atoms with van der Waals surface area (Å²) in [5.41, 5.74) is -1.26. The summed E-state index contributed by atoms with van der Waals surface area (Å²) in [5.74, 6) is -1.53. The molecule has 0 N–H and O–H groups in total. The molecule has 3 nitrogen and oxygen atoms in total. The van der Waals surface area contributed by atoms with Crippen LogP contribution in [-0.4, -0.2) is 28.4 Å². The van der Waals surface area contributed by atoms with Crippen molar-refractivity contribution >= 4 is 11.8 Å². The minimum atomic E-state index is -1.62. The van der Waals surface area contributed by atoms with Crippen LogP contribution in [0.15, 0.2) is 23.8 Å². The van der Waals surface area contributed by atoms with Gasteiger partial charge in [-0.25, -0.2) is 4.39 Å². The summed E-state index contributed by atoms with van der Waals surface area (Å²) in [7, 11) is 0. The minimum Gasteiger partial charge on any atom is -0.275 e. The Morgan fingerprint density at radius 3 is 2.56 bits per heavy atom. The molecule has 94 valence electrons. The van der Waals surface area contributed by atoms with Gasteiger partial charge in [0.25, 0.3) is 5.91 Å². The van der Waals surface area contributed by atoms with Crippen LogP contribution in [0.4, 0.5) is 4.39 Å². The lowest BCUT2D eigenvalue weighted by Crippen LogP contribution is -2.41. The van der Waals surface area contributed by atoms with E-state index in [1.807, 2.05) is 0 Å². The van der Waals surface area contributed by atoms with Gasteiger partial charge in [-0.1, -0.05) is 12.2 Å². The van der Waals surface area contributed by atoms with Crippen molar-refractivity contribution in [2.24, 2.45) is 11.8 Å². The van der Waals surface area contributed by atoms with Gasteiger partial charge < -0.3 is 0 Å². The summed E-state index contributed by atoms with van der Waals surface area (Å²) in [6.07, 6.45) is 8.08. The fourth-order valence-corrected chi connectivity index (χ4v) is 3.20. The Morgan fingerprint density at radius 1 is 1.22 bits per heavy atom. The van der Waals surface area contributed by atoms with E-state index in [0.29, 0.717) is 5.57 Å². The third kappa shape index (κ3) is 1.18. The van der Waals surface area contributed by atoms with Gasteiger partial charge in [-0.3, -0.25) is 14.5 Å². The van der Waals surface area contributed by atoms with Crippen molar-refractivity contribution in [3.05, 3.63) is 23.8 Å². The predicted molar refractivity (Wildman–Crippen MR) is 62.2 cm³/mol. The molecular weight excluding hydrogens is 233 g/mol. The molecule has 2 saturated carbocycles. The van der Waals surface area contributed by atoms with Crippen LogP contribution in [0.3, 0.4) is 0 Å². The highest BCUT2D eigenvalue weighted by Crippen LogP contribution is 2.53. The molecular formula is C14H14FNO2. The highest BCUT2D eigenvalue weighted by Gasteiger charge is 2.62. The number of imide groups is 1. The van der Waals surface area contributed by atoms with E-state index in [1.54, 1.807) is 12.2 Å². The molecule has 0 aromatic carbocycles. The fourth-order valence-electron chi connectivity index (χ4n) is 3.20. The van der Waals surface area contributed by atoms with Crippen LogP contribution in [0.5, 0.6) is 0 Å². The van der Waals surface area contributed by atoms with Crippen LogP contribution in [0, 0.1) is 11.8 Å². The minimum absolute atomic E-state index is 0.0277. The number of rotatable bonds is 2. The Balaban J connectivity index is 1.78. The summed E-state index contributed by atoms with van der Waals surface area (Å²) in [6, 6.07) is 0.0277. The van der Waals surface area contributed by atoms with E-state index in [0.717, 1.165) is 25.7 Å². The monoisotopic (exact) mass is 247 g/mol. The van der Waals surface area contributed by atoms with Crippen molar-refractivity contribution in [1.29, 1.82) is 0 Å². The number of fused-ring (bicyclic) bond motifs is 1. The second-order valence-corrected chi connectivity index (χ2v) is 5.76. The number of alkyl halides is 1. The van der Waals surface area contributed by atoms with Gasteiger partial charge in [-0.15, -0.1) is 0 Å². The van der Waals surface area contributed by atoms with Crippen molar-refractivity contribution < 1.29 is 14.0 Å². The van der Waals surface area contributed by atoms with Gasteiger partial charge >= 0.3 is 0 Å². The van der Waals surface area contributed by atoms with Crippen LogP contribution < -0.4 is 0 Å². The molecule has 0 radical (unpaired) electrons. The molecule has 2 amide bonds. The maximum atomic E-state index is 15.1. The molecule has 2 unspecified atom stereocenters. The Labute approximate surface area is 104 Å². The van der Waals surface area contributed by atoms with Crippen LogP contribution >= 0.6 is 0 Å². The van der Waals surface area contributed by atoms with E-state index in [2.05, 4.69) is 0 Å². The Morgan fingerprint density at radius 2 is 1.94 bits per heavy atom. The Hall–Kier alpha value is -1.45. The topological polar surface area (TPSA) is 37.4 Å². The molecule has 18 heavy (non-hydrogen) atoms. The fraction of sp³-hybridized carbons (Fsp3) is 0.571. The van der Waals surface area contributed by atoms with E-state index < -0.39 is 11.6 Å². The molecule has 0 bridgehead atoms. The number of hydrogen-bond donors (Lipinski definition) is 0. The first-order valence-corrected chi connectivity index (χ1v) is 6.58. The molecule has 4 heteroatoms. The second-order valence-electron chi connectivity index (χ2n) is 5.76. The standard InChI is InChI=1S/C14H14FNO2/c15-14(8-3-4-8)7-1-2-10-11(14)13(18)16(12(10)17)9-5-6-9/h1-2,7-9,11H,3-6H2. The summed E-state index contributed by atoms with van der Waals surface area (Å²) >= 11 is 0. The van der Waals surface area contributed by atoms with E-state index in [-0.39, 0.29) is 23.8 Å². The normalized spacial score (nSPS) is 39.1. The zero-order valence-corrected chi connectivity index (χ0v) is 9.93. The summed E-state index contributed by atoms with van der Waals surface area (Å²) in [6.45, 7) is 0. The van der Waals surface area contributed by atoms with Crippen molar-refractivity contribution in [2.45, 2.75) is 37.4 Å². The van der Waals surface area contributed by atoms with Crippen LogP contribution in [0.25, 0.3) is 0 Å². The van der Waals surface area contributed by atoms with E-state index >= 15 is 4.39 Å². The first-order valence-electron chi connectivity index (χ1n) is 6.58. The van der Waals surface area contributed by atoms with Crippen LogP contribution in [0.2, 0.25) is 0 Å². The summed E-state index contributed by atoms with van der Waals surface area (Å²) < 4.78 is 15.1. The maximum absolute atomic E-state index is 15.1. The number of allylic oxidation sites excluding steroid dienone is 3. The molecule has 3 fully saturated rings. The van der Waals surface area contributed by atoms with Gasteiger partial charge in [0.05, 0.1) is 0 Å². The molecule has 1 heterocycles. The highest BCUT2D eigenvalue weighted by molar-refractivity contribution is 6.16. The lowest BCUT2D eigenvalue weighted by molar-refractivity contribution is -0.141. The van der Waals surface area contributed by atoms with Crippen LogP contribution in [-0.2, 0) is 9.59 Å². The zero-order valence-electron chi connectivity index (χ0n) is 9.93. The molecule has 4 rings (SSSR count). The number of likely N-dealkylation sites (tertiary alicyclic amines) is 1. The SMILES string of the molecule is O=C1C2=CC=CC(F)(C3CC3)C2C(=O)N1C1CC1. The number of carbonyl (C=O) groups is 2.